The Kier molecular flexibility index (Phi) is 6.23. The van der Waals surface area contributed by atoms with Gasteiger partial charge < -0.3 is 4.74 Å². The summed E-state index contributed by atoms with van der Waals surface area (Å²) in [5.74, 6) is 0.340. The van der Waals surface area contributed by atoms with Crippen LogP contribution in [0, 0.1) is 5.92 Å². The van der Waals surface area contributed by atoms with E-state index in [1.54, 1.807) is 18.2 Å². The summed E-state index contributed by atoms with van der Waals surface area (Å²) in [6, 6.07) is 6.62. The number of morpholine rings is 1. The lowest BCUT2D eigenvalue weighted by molar-refractivity contribution is 0.00776. The molecule has 0 spiro atoms. The lowest BCUT2D eigenvalue weighted by atomic mass is 10.0. The standard InChI is InChI=1S/C15H23ClN2O3S/c1-12(2)14(18-7-9-21-10-8-18)11-17-22(19,20)15-6-4-3-5-13(15)16/h3-6,12,14,17H,7-11H2,1-2H3/t14-/m0/s1. The van der Waals surface area contributed by atoms with Crippen molar-refractivity contribution < 1.29 is 13.2 Å². The second-order valence-electron chi connectivity index (χ2n) is 5.74. The van der Waals surface area contributed by atoms with Gasteiger partial charge in [-0.1, -0.05) is 37.6 Å². The molecule has 1 heterocycles. The Morgan fingerprint density at radius 1 is 1.27 bits per heavy atom. The average Bonchev–Trinajstić information content (AvgIpc) is 2.48. The van der Waals surface area contributed by atoms with E-state index in [1.807, 2.05) is 0 Å². The zero-order valence-electron chi connectivity index (χ0n) is 13.0. The largest absolute Gasteiger partial charge is 0.379 e. The van der Waals surface area contributed by atoms with Crippen molar-refractivity contribution in [2.75, 3.05) is 32.8 Å². The Balaban J connectivity index is 2.07. The second-order valence-corrected chi connectivity index (χ2v) is 7.88. The second kappa shape index (κ2) is 7.75. The van der Waals surface area contributed by atoms with Crippen molar-refractivity contribution in [3.05, 3.63) is 29.3 Å². The maximum Gasteiger partial charge on any atom is 0.242 e. The molecule has 0 aliphatic carbocycles. The molecular formula is C15H23ClN2O3S. The summed E-state index contributed by atoms with van der Waals surface area (Å²) < 4.78 is 32.9. The van der Waals surface area contributed by atoms with E-state index in [-0.39, 0.29) is 16.0 Å². The van der Waals surface area contributed by atoms with Crippen LogP contribution < -0.4 is 4.72 Å². The fraction of sp³-hybridized carbons (Fsp3) is 0.600. The van der Waals surface area contributed by atoms with Gasteiger partial charge in [0.25, 0.3) is 0 Å². The highest BCUT2D eigenvalue weighted by Gasteiger charge is 2.26. The molecule has 5 nitrogen and oxygen atoms in total. The highest BCUT2D eigenvalue weighted by Crippen LogP contribution is 2.21. The molecule has 1 aromatic carbocycles. The molecular weight excluding hydrogens is 324 g/mol. The molecule has 0 aromatic heterocycles. The van der Waals surface area contributed by atoms with Gasteiger partial charge in [-0.2, -0.15) is 0 Å². The number of rotatable bonds is 6. The summed E-state index contributed by atoms with van der Waals surface area (Å²) in [6.07, 6.45) is 0. The number of sulfonamides is 1. The molecule has 1 aliphatic rings. The fourth-order valence-corrected chi connectivity index (χ4v) is 4.20. The van der Waals surface area contributed by atoms with Gasteiger partial charge in [0, 0.05) is 25.7 Å². The van der Waals surface area contributed by atoms with Crippen LogP contribution in [-0.4, -0.2) is 52.2 Å². The van der Waals surface area contributed by atoms with Crippen molar-refractivity contribution in [3.63, 3.8) is 0 Å². The first-order valence-corrected chi connectivity index (χ1v) is 9.34. The summed E-state index contributed by atoms with van der Waals surface area (Å²) in [6.45, 7) is 7.62. The van der Waals surface area contributed by atoms with Gasteiger partial charge in [-0.15, -0.1) is 0 Å². The van der Waals surface area contributed by atoms with Gasteiger partial charge in [0.1, 0.15) is 4.90 Å². The average molecular weight is 347 g/mol. The van der Waals surface area contributed by atoms with E-state index in [0.29, 0.717) is 25.7 Å². The van der Waals surface area contributed by atoms with E-state index < -0.39 is 10.0 Å². The Labute approximate surface area is 137 Å². The molecule has 2 rings (SSSR count). The highest BCUT2D eigenvalue weighted by atomic mass is 35.5. The smallest absolute Gasteiger partial charge is 0.242 e. The Morgan fingerprint density at radius 2 is 1.91 bits per heavy atom. The molecule has 1 saturated heterocycles. The molecule has 0 amide bonds. The first kappa shape index (κ1) is 17.7. The predicted molar refractivity (Wildman–Crippen MR) is 87.7 cm³/mol. The van der Waals surface area contributed by atoms with Crippen LogP contribution in [-0.2, 0) is 14.8 Å². The third kappa shape index (κ3) is 4.43. The highest BCUT2D eigenvalue weighted by molar-refractivity contribution is 7.89. The third-order valence-corrected chi connectivity index (χ3v) is 5.82. The summed E-state index contributed by atoms with van der Waals surface area (Å²) in [7, 11) is -3.60. The minimum atomic E-state index is -3.60. The number of nitrogens with zero attached hydrogens (tertiary/aromatic N) is 1. The van der Waals surface area contributed by atoms with Crippen molar-refractivity contribution >= 4 is 21.6 Å². The van der Waals surface area contributed by atoms with Gasteiger partial charge in [0.15, 0.2) is 0 Å². The molecule has 7 heteroatoms. The molecule has 1 fully saturated rings. The van der Waals surface area contributed by atoms with Crippen molar-refractivity contribution in [1.82, 2.24) is 9.62 Å². The Hall–Kier alpha value is -0.660. The van der Waals surface area contributed by atoms with Gasteiger partial charge in [0.05, 0.1) is 18.2 Å². The van der Waals surface area contributed by atoms with Crippen LogP contribution in [0.2, 0.25) is 5.02 Å². The number of hydrogen-bond donors (Lipinski definition) is 1. The molecule has 1 atom stereocenters. The van der Waals surface area contributed by atoms with E-state index in [4.69, 9.17) is 16.3 Å². The molecule has 0 unspecified atom stereocenters. The zero-order valence-corrected chi connectivity index (χ0v) is 14.5. The topological polar surface area (TPSA) is 58.6 Å². The number of nitrogens with one attached hydrogen (secondary N) is 1. The number of halogens is 1. The van der Waals surface area contributed by atoms with E-state index in [9.17, 15) is 8.42 Å². The molecule has 0 saturated carbocycles. The van der Waals surface area contributed by atoms with Crippen molar-refractivity contribution in [1.29, 1.82) is 0 Å². The van der Waals surface area contributed by atoms with Crippen LogP contribution in [0.5, 0.6) is 0 Å². The molecule has 1 N–H and O–H groups in total. The van der Waals surface area contributed by atoms with E-state index >= 15 is 0 Å². The van der Waals surface area contributed by atoms with Crippen molar-refractivity contribution in [3.8, 4) is 0 Å². The Bertz CT molecular complexity index is 586. The van der Waals surface area contributed by atoms with Crippen LogP contribution in [0.3, 0.4) is 0 Å². The number of ether oxygens (including phenoxy) is 1. The normalized spacial score (nSPS) is 18.5. The number of benzene rings is 1. The zero-order chi connectivity index (χ0) is 16.2. The van der Waals surface area contributed by atoms with Crippen molar-refractivity contribution in [2.45, 2.75) is 24.8 Å². The summed E-state index contributed by atoms with van der Waals surface area (Å²) >= 11 is 5.99. The molecule has 22 heavy (non-hydrogen) atoms. The van der Waals surface area contributed by atoms with Crippen LogP contribution >= 0.6 is 11.6 Å². The minimum Gasteiger partial charge on any atom is -0.379 e. The lowest BCUT2D eigenvalue weighted by Gasteiger charge is -2.36. The first-order valence-electron chi connectivity index (χ1n) is 7.48. The molecule has 1 aliphatic heterocycles. The van der Waals surface area contributed by atoms with Gasteiger partial charge in [0.2, 0.25) is 10.0 Å². The fourth-order valence-electron chi connectivity index (χ4n) is 2.63. The molecule has 124 valence electrons. The van der Waals surface area contributed by atoms with E-state index in [0.717, 1.165) is 13.1 Å². The van der Waals surface area contributed by atoms with Crippen molar-refractivity contribution in [2.24, 2.45) is 5.92 Å². The number of hydrogen-bond acceptors (Lipinski definition) is 4. The molecule has 0 radical (unpaired) electrons. The maximum absolute atomic E-state index is 12.4. The monoisotopic (exact) mass is 346 g/mol. The van der Waals surface area contributed by atoms with Gasteiger partial charge in [-0.3, -0.25) is 4.90 Å². The quantitative estimate of drug-likeness (QED) is 0.855. The predicted octanol–water partition coefficient (Wildman–Crippen LogP) is 1.98. The first-order chi connectivity index (χ1) is 10.4. The van der Waals surface area contributed by atoms with Gasteiger partial charge in [-0.05, 0) is 18.1 Å². The van der Waals surface area contributed by atoms with Crippen LogP contribution in [0.1, 0.15) is 13.8 Å². The lowest BCUT2D eigenvalue weighted by Crippen LogP contribution is -2.51. The van der Waals surface area contributed by atoms with Gasteiger partial charge in [-0.25, -0.2) is 13.1 Å². The summed E-state index contributed by atoms with van der Waals surface area (Å²) in [5.41, 5.74) is 0. The van der Waals surface area contributed by atoms with Crippen LogP contribution in [0.25, 0.3) is 0 Å². The van der Waals surface area contributed by atoms with Crippen LogP contribution in [0.4, 0.5) is 0 Å². The summed E-state index contributed by atoms with van der Waals surface area (Å²) in [4.78, 5) is 2.41. The third-order valence-electron chi connectivity index (χ3n) is 3.89. The summed E-state index contributed by atoms with van der Waals surface area (Å²) in [5, 5.41) is 0.238. The molecule has 0 bridgehead atoms. The van der Waals surface area contributed by atoms with E-state index in [2.05, 4.69) is 23.5 Å². The van der Waals surface area contributed by atoms with Gasteiger partial charge >= 0.3 is 0 Å². The molecule has 1 aromatic rings. The van der Waals surface area contributed by atoms with E-state index in [1.165, 1.54) is 6.07 Å². The minimum absolute atomic E-state index is 0.126. The Morgan fingerprint density at radius 3 is 2.50 bits per heavy atom. The SMILES string of the molecule is CC(C)[C@H](CNS(=O)(=O)c1ccccc1Cl)N1CCOCC1. The van der Waals surface area contributed by atoms with Crippen LogP contribution in [0.15, 0.2) is 29.2 Å². The maximum atomic E-state index is 12.4.